The van der Waals surface area contributed by atoms with Crippen LogP contribution in [-0.4, -0.2) is 33.6 Å². The summed E-state index contributed by atoms with van der Waals surface area (Å²) in [4.78, 5) is 18.2. The van der Waals surface area contributed by atoms with Gasteiger partial charge in [-0.3, -0.25) is 0 Å². The summed E-state index contributed by atoms with van der Waals surface area (Å²) < 4.78 is 7.06. The quantitative estimate of drug-likeness (QED) is 0.102. The van der Waals surface area contributed by atoms with E-state index in [1.54, 1.807) is 0 Å². The van der Waals surface area contributed by atoms with E-state index in [0.717, 1.165) is 73.2 Å². The average molecular weight is 2460 g/mol. The van der Waals surface area contributed by atoms with Gasteiger partial charge in [0.2, 0.25) is 0 Å². The maximum Gasteiger partial charge on any atom is 0.0524 e. The molecule has 662 valence electrons. The van der Waals surface area contributed by atoms with Crippen LogP contribution in [0.5, 0.6) is 0 Å². The molecule has 0 N–H and O–H groups in total. The minimum absolute atomic E-state index is 0. The molecule has 0 aliphatic rings. The Morgan fingerprint density at radius 1 is 0.184 bits per heavy atom. The van der Waals surface area contributed by atoms with Crippen molar-refractivity contribution in [3.05, 3.63) is 515 Å². The first-order chi connectivity index (χ1) is 65.2. The first kappa shape index (κ1) is 93.2. The van der Waals surface area contributed by atoms with Gasteiger partial charge in [-0.25, -0.2) is 0 Å². The molecule has 7 aromatic heterocycles. The van der Waals surface area contributed by atoms with E-state index >= 15 is 0 Å². The van der Waals surface area contributed by atoms with Crippen molar-refractivity contribution < 1.29 is 80.4 Å². The molecule has 0 aliphatic carbocycles. The van der Waals surface area contributed by atoms with Crippen LogP contribution in [0.1, 0.15) is 16.7 Å². The summed E-state index contributed by atoms with van der Waals surface area (Å²) in [5.41, 5.74) is 38.6. The third-order valence-corrected chi connectivity index (χ3v) is 24.5. The molecule has 136 heavy (non-hydrogen) atoms. The molecule has 0 atom stereocenters. The molecule has 7 nitrogen and oxygen atoms in total. The fourth-order valence-corrected chi connectivity index (χ4v) is 17.8. The minimum atomic E-state index is 0. The van der Waals surface area contributed by atoms with Gasteiger partial charge in [-0.2, -0.15) is 0 Å². The summed E-state index contributed by atoms with van der Waals surface area (Å²) in [6.07, 6.45) is 7.48. The number of hydrogen-bond donors (Lipinski definition) is 0. The second kappa shape index (κ2) is 42.7. The van der Waals surface area contributed by atoms with Crippen LogP contribution in [0.15, 0.2) is 474 Å². The van der Waals surface area contributed by atoms with Gasteiger partial charge in [0.15, 0.2) is 0 Å². The van der Waals surface area contributed by atoms with Gasteiger partial charge >= 0.3 is 0 Å². The van der Waals surface area contributed by atoms with E-state index in [9.17, 15) is 0 Å². The Balaban J connectivity index is 0.000000128. The first-order valence-corrected chi connectivity index (χ1v) is 44.6. The molecule has 0 amide bonds. The smallest absolute Gasteiger partial charge is 0.0524 e. The van der Waals surface area contributed by atoms with Crippen molar-refractivity contribution in [2.24, 2.45) is 0 Å². The fraction of sp³-hybridized carbons (Fsp3) is 0.0240. The number of fused-ring (bicyclic) bond motifs is 9. The van der Waals surface area contributed by atoms with Crippen LogP contribution in [0.25, 0.3) is 205 Å². The Bertz CT molecular complexity index is 7940. The van der Waals surface area contributed by atoms with Crippen molar-refractivity contribution >= 4 is 65.4 Å². The van der Waals surface area contributed by atoms with Gasteiger partial charge in [0.05, 0.1) is 22.1 Å². The second-order valence-electron chi connectivity index (χ2n) is 33.2. The molecule has 17 aromatic carbocycles. The van der Waals surface area contributed by atoms with Crippen molar-refractivity contribution in [2.75, 3.05) is 0 Å². The summed E-state index contributed by atoms with van der Waals surface area (Å²) in [6.45, 7) is 6.19. The van der Waals surface area contributed by atoms with Gasteiger partial charge in [0.25, 0.3) is 0 Å². The maximum atomic E-state index is 4.65. The van der Waals surface area contributed by atoms with Gasteiger partial charge < -0.3 is 33.6 Å². The van der Waals surface area contributed by atoms with Crippen LogP contribution < -0.4 is 0 Å². The number of aryl methyl sites for hydroxylation is 3. The van der Waals surface area contributed by atoms with Crippen LogP contribution in [0.2, 0.25) is 0 Å². The third kappa shape index (κ3) is 20.0. The van der Waals surface area contributed by atoms with E-state index in [-0.39, 0.29) is 80.4 Å². The monoisotopic (exact) mass is 2460 g/mol. The van der Waals surface area contributed by atoms with E-state index < -0.39 is 0 Å². The summed E-state index contributed by atoms with van der Waals surface area (Å²) >= 11 is 0. The molecule has 0 bridgehead atoms. The number of nitrogens with zero attached hydrogens (tertiary/aromatic N) is 7. The molecule has 7 heterocycles. The SMILES string of the molecule is Cc1ccc(-c2[c-]cc(-n3c4ccc(-c5ccccc5)cc4c4cc(-c5ccccc5)ccc43)cc2)nc1.Cc1ccc(-c2[c-]ccc(-n3c4ccc(-c5ccccc5)cc4c4cc(-c5ccccc5)ccc43)c2)nc1.Cc1ccnc(-c2[c-]ccc(-c3ccccc3)c2)c1.[Ir].[Ir].[Ir].[Ir].[c-]1ccc(-n2c3ccc(-c4ccccc4)cc3c3cc(-c4ccccc4)ccc32)cc1-c1ccccn1. The molecule has 4 radical (unpaired) electrons. The molecule has 0 unspecified atom stereocenters. The molecule has 11 heteroatoms. The summed E-state index contributed by atoms with van der Waals surface area (Å²) in [6, 6.07) is 172. The maximum absolute atomic E-state index is 4.65. The summed E-state index contributed by atoms with van der Waals surface area (Å²) in [5, 5.41) is 7.43. The molecular formula is C125H87Ir4N7-4. The Hall–Kier alpha value is -14.7. The van der Waals surface area contributed by atoms with E-state index in [0.29, 0.717) is 0 Å². The molecule has 0 fully saturated rings. The van der Waals surface area contributed by atoms with E-state index in [2.05, 4.69) is 479 Å². The van der Waals surface area contributed by atoms with Gasteiger partial charge in [0.1, 0.15) is 0 Å². The largest absolute Gasteiger partial charge is 0.351 e. The standard InChI is InChI=1S/2C36H25N2.C35H23N2.C18H14N.4Ir/c1-25-15-18-34(37-24-25)30-13-8-14-31(21-30)38-35-19-16-28(26-9-4-2-5-10-26)22-32(35)33-23-29(17-20-36(33)38)27-11-6-3-7-12-27;1-25-12-19-34(37-24-25)28-13-17-31(18-14-28)38-35-20-15-29(26-8-4-2-5-9-26)22-32(35)33-23-30(16-21-36(33)38)27-10-6-3-7-11-27;1-3-10-25(11-4-1)27-17-19-34-31(23-27)32-24-28(26-12-5-2-6-13-26)18-20-35(32)37(34)30-15-9-14-29(22-30)33-16-7-8-21-36-33;1-14-10-11-19-18(12-14)17-9-5-8-16(13-17)15-6-3-2-4-7-15;;;;/h2-12,14-24H,1H3;2-13,15-24H,1H3;1-13,15-24H;2-8,10-13H,1H3;;;;/q4*-1;;;;. The minimum Gasteiger partial charge on any atom is -0.351 e. The number of pyridine rings is 4. The van der Waals surface area contributed by atoms with Crippen LogP contribution in [0, 0.1) is 45.0 Å². The number of aromatic nitrogens is 7. The zero-order valence-electron chi connectivity index (χ0n) is 74.5. The van der Waals surface area contributed by atoms with Crippen molar-refractivity contribution in [1.29, 1.82) is 0 Å². The summed E-state index contributed by atoms with van der Waals surface area (Å²) in [7, 11) is 0. The van der Waals surface area contributed by atoms with Gasteiger partial charge in [-0.05, 0) is 229 Å². The third-order valence-electron chi connectivity index (χ3n) is 24.5. The molecule has 0 saturated carbocycles. The van der Waals surface area contributed by atoms with Crippen molar-refractivity contribution in [2.45, 2.75) is 20.8 Å². The first-order valence-electron chi connectivity index (χ1n) is 44.6. The predicted octanol–water partition coefficient (Wildman–Crippen LogP) is 32.1. The molecule has 0 saturated heterocycles. The zero-order valence-corrected chi connectivity index (χ0v) is 84.1. The van der Waals surface area contributed by atoms with Gasteiger partial charge in [0, 0.05) is 149 Å². The topological polar surface area (TPSA) is 66.3 Å². The van der Waals surface area contributed by atoms with E-state index in [1.165, 1.54) is 149 Å². The molecule has 24 rings (SSSR count). The Kier molecular flexibility index (Phi) is 29.2. The van der Waals surface area contributed by atoms with Crippen LogP contribution in [0.4, 0.5) is 0 Å². The average Bonchev–Trinajstić information content (AvgIpc) is 1.59. The van der Waals surface area contributed by atoms with E-state index in [1.807, 2.05) is 73.3 Å². The normalized spacial score (nSPS) is 10.8. The van der Waals surface area contributed by atoms with Crippen LogP contribution >= 0.6 is 0 Å². The Labute approximate surface area is 847 Å². The van der Waals surface area contributed by atoms with Gasteiger partial charge in [-0.15, -0.1) is 125 Å². The number of rotatable bonds is 14. The van der Waals surface area contributed by atoms with Crippen molar-refractivity contribution in [1.82, 2.24) is 33.6 Å². The Morgan fingerprint density at radius 2 is 0.478 bits per heavy atom. The Morgan fingerprint density at radius 3 is 0.779 bits per heavy atom. The number of benzene rings is 17. The molecule has 0 spiro atoms. The van der Waals surface area contributed by atoms with Crippen molar-refractivity contribution in [3.8, 4) is 140 Å². The fourth-order valence-electron chi connectivity index (χ4n) is 17.8. The van der Waals surface area contributed by atoms with Crippen molar-refractivity contribution in [3.63, 3.8) is 0 Å². The molecule has 24 aromatic rings. The second-order valence-corrected chi connectivity index (χ2v) is 33.2. The molecular weight excluding hydrogens is 2370 g/mol. The summed E-state index contributed by atoms with van der Waals surface area (Å²) in [5.74, 6) is 0. The molecule has 0 aliphatic heterocycles. The zero-order chi connectivity index (χ0) is 88.6. The van der Waals surface area contributed by atoms with Gasteiger partial charge in [-0.1, -0.05) is 297 Å². The number of hydrogen-bond acceptors (Lipinski definition) is 4. The predicted molar refractivity (Wildman–Crippen MR) is 549 cm³/mol. The van der Waals surface area contributed by atoms with E-state index in [4.69, 9.17) is 0 Å². The van der Waals surface area contributed by atoms with Crippen LogP contribution in [-0.2, 0) is 80.4 Å². The van der Waals surface area contributed by atoms with Crippen LogP contribution in [0.3, 0.4) is 0 Å².